The van der Waals surface area contributed by atoms with E-state index in [2.05, 4.69) is 0 Å². The molecule has 0 aliphatic heterocycles. The fraction of sp³-hybridized carbons (Fsp3) is 0.917. The number of rotatable bonds is 5. The summed E-state index contributed by atoms with van der Waals surface area (Å²) in [7, 11) is -3.02. The van der Waals surface area contributed by atoms with Crippen molar-refractivity contribution in [3.8, 4) is 0 Å². The van der Waals surface area contributed by atoms with E-state index in [0.717, 1.165) is 32.1 Å². The van der Waals surface area contributed by atoms with Gasteiger partial charge in [0.25, 0.3) is 0 Å². The molecule has 5 heteroatoms. The summed E-state index contributed by atoms with van der Waals surface area (Å²) >= 11 is 0. The molecule has 0 unspecified atom stereocenters. The van der Waals surface area contributed by atoms with Crippen molar-refractivity contribution in [3.05, 3.63) is 0 Å². The van der Waals surface area contributed by atoms with E-state index in [-0.39, 0.29) is 23.6 Å². The first-order chi connectivity index (χ1) is 7.88. The molecule has 0 radical (unpaired) electrons. The van der Waals surface area contributed by atoms with Crippen molar-refractivity contribution >= 4 is 15.7 Å². The van der Waals surface area contributed by atoms with E-state index in [9.17, 15) is 13.2 Å². The van der Waals surface area contributed by atoms with Crippen molar-refractivity contribution in [3.63, 3.8) is 0 Å². The van der Waals surface area contributed by atoms with Crippen LogP contribution in [0.4, 0.5) is 0 Å². The zero-order chi connectivity index (χ0) is 12.6. The summed E-state index contributed by atoms with van der Waals surface area (Å²) in [6, 6.07) is 0.130. The average molecular weight is 259 g/mol. The van der Waals surface area contributed by atoms with Gasteiger partial charge in [0.15, 0.2) is 0 Å². The second-order valence-corrected chi connectivity index (χ2v) is 7.73. The maximum absolute atomic E-state index is 12.3. The van der Waals surface area contributed by atoms with E-state index in [1.807, 2.05) is 11.8 Å². The maximum Gasteiger partial charge on any atom is 0.226 e. The molecule has 0 aromatic heterocycles. The number of carbonyl (C=O) groups excluding carboxylic acids is 1. The molecular formula is C12H21NO3S. The van der Waals surface area contributed by atoms with Gasteiger partial charge in [0.05, 0.1) is 5.75 Å². The molecule has 0 heterocycles. The van der Waals surface area contributed by atoms with Crippen LogP contribution in [0.5, 0.6) is 0 Å². The summed E-state index contributed by atoms with van der Waals surface area (Å²) < 4.78 is 22.7. The van der Waals surface area contributed by atoms with Crippen LogP contribution in [-0.4, -0.2) is 43.3 Å². The van der Waals surface area contributed by atoms with Crippen molar-refractivity contribution in [2.24, 2.45) is 5.92 Å². The second-order valence-electron chi connectivity index (χ2n) is 5.55. The van der Waals surface area contributed by atoms with E-state index in [1.165, 1.54) is 6.26 Å². The molecule has 2 aliphatic rings. The summed E-state index contributed by atoms with van der Waals surface area (Å²) in [5, 5.41) is 0. The Balaban J connectivity index is 2.03. The zero-order valence-electron chi connectivity index (χ0n) is 10.6. The van der Waals surface area contributed by atoms with Crippen molar-refractivity contribution in [1.82, 2.24) is 4.90 Å². The first kappa shape index (κ1) is 12.9. The lowest BCUT2D eigenvalue weighted by Crippen LogP contribution is -2.47. The Morgan fingerprint density at radius 2 is 1.88 bits per heavy atom. The zero-order valence-corrected chi connectivity index (χ0v) is 11.4. The SMILES string of the molecule is C[C@H](CS(C)(=O)=O)N(C(=O)C1CCC1)C1CC1. The molecule has 17 heavy (non-hydrogen) atoms. The highest BCUT2D eigenvalue weighted by atomic mass is 32.2. The van der Waals surface area contributed by atoms with Crippen molar-refractivity contribution < 1.29 is 13.2 Å². The second kappa shape index (κ2) is 4.59. The fourth-order valence-corrected chi connectivity index (χ4v) is 3.53. The minimum Gasteiger partial charge on any atom is -0.336 e. The van der Waals surface area contributed by atoms with Crippen LogP contribution in [0, 0.1) is 5.92 Å². The van der Waals surface area contributed by atoms with Crippen molar-refractivity contribution in [1.29, 1.82) is 0 Å². The van der Waals surface area contributed by atoms with E-state index in [4.69, 9.17) is 0 Å². The molecule has 2 rings (SSSR count). The summed E-state index contributed by atoms with van der Waals surface area (Å²) in [5.74, 6) is 0.439. The topological polar surface area (TPSA) is 54.5 Å². The third-order valence-corrected chi connectivity index (χ3v) is 4.76. The normalized spacial score (nSPS) is 22.9. The van der Waals surface area contributed by atoms with E-state index in [1.54, 1.807) is 0 Å². The summed E-state index contributed by atoms with van der Waals surface area (Å²) in [6.45, 7) is 1.86. The first-order valence-electron chi connectivity index (χ1n) is 6.38. The van der Waals surface area contributed by atoms with Crippen molar-refractivity contribution in [2.75, 3.05) is 12.0 Å². The molecule has 0 bridgehead atoms. The van der Waals surface area contributed by atoms with Crippen LogP contribution >= 0.6 is 0 Å². The Morgan fingerprint density at radius 1 is 1.29 bits per heavy atom. The molecule has 98 valence electrons. The largest absolute Gasteiger partial charge is 0.336 e. The number of sulfone groups is 1. The third kappa shape index (κ3) is 3.21. The molecule has 0 aromatic rings. The van der Waals surface area contributed by atoms with E-state index in [0.29, 0.717) is 6.04 Å². The van der Waals surface area contributed by atoms with Gasteiger partial charge >= 0.3 is 0 Å². The van der Waals surface area contributed by atoms with Gasteiger partial charge in [-0.15, -0.1) is 0 Å². The highest BCUT2D eigenvalue weighted by Gasteiger charge is 2.40. The Labute approximate surface area is 103 Å². The summed E-state index contributed by atoms with van der Waals surface area (Å²) in [5.41, 5.74) is 0. The van der Waals surface area contributed by atoms with Gasteiger partial charge in [0.1, 0.15) is 9.84 Å². The Bertz CT molecular complexity index is 396. The van der Waals surface area contributed by atoms with Gasteiger partial charge in [-0.2, -0.15) is 0 Å². The van der Waals surface area contributed by atoms with Crippen molar-refractivity contribution in [2.45, 2.75) is 51.1 Å². The molecule has 1 atom stereocenters. The van der Waals surface area contributed by atoms with Crippen LogP contribution in [0.3, 0.4) is 0 Å². The maximum atomic E-state index is 12.3. The van der Waals surface area contributed by atoms with Gasteiger partial charge in [-0.05, 0) is 32.6 Å². The van der Waals surface area contributed by atoms with Crippen LogP contribution in [0.25, 0.3) is 0 Å². The van der Waals surface area contributed by atoms with Gasteiger partial charge in [-0.3, -0.25) is 4.79 Å². The number of carbonyl (C=O) groups is 1. The average Bonchev–Trinajstić information content (AvgIpc) is 2.80. The van der Waals surface area contributed by atoms with Gasteiger partial charge in [0.2, 0.25) is 5.91 Å². The molecule has 0 aromatic carbocycles. The van der Waals surface area contributed by atoms with Crippen LogP contribution in [0.15, 0.2) is 0 Å². The Hall–Kier alpha value is -0.580. The Morgan fingerprint density at radius 3 is 2.24 bits per heavy atom. The summed E-state index contributed by atoms with van der Waals surface area (Å²) in [6.07, 6.45) is 6.40. The lowest BCUT2D eigenvalue weighted by molar-refractivity contribution is -0.140. The lowest BCUT2D eigenvalue weighted by Gasteiger charge is -2.35. The molecule has 4 nitrogen and oxygen atoms in total. The number of amides is 1. The fourth-order valence-electron chi connectivity index (χ4n) is 2.49. The number of hydrogen-bond donors (Lipinski definition) is 0. The molecule has 2 saturated carbocycles. The molecule has 2 fully saturated rings. The molecular weight excluding hydrogens is 238 g/mol. The minimum absolute atomic E-state index is 0.0853. The van der Waals surface area contributed by atoms with Crippen LogP contribution in [0.1, 0.15) is 39.0 Å². The molecule has 2 aliphatic carbocycles. The lowest BCUT2D eigenvalue weighted by atomic mass is 9.84. The molecule has 0 spiro atoms. The van der Waals surface area contributed by atoms with Gasteiger partial charge in [-0.1, -0.05) is 6.42 Å². The van der Waals surface area contributed by atoms with Crippen LogP contribution in [-0.2, 0) is 14.6 Å². The predicted molar refractivity (Wildman–Crippen MR) is 66.4 cm³/mol. The molecule has 0 saturated heterocycles. The number of nitrogens with zero attached hydrogens (tertiary/aromatic N) is 1. The highest BCUT2D eigenvalue weighted by Crippen LogP contribution is 2.35. The van der Waals surface area contributed by atoms with Gasteiger partial charge in [-0.25, -0.2) is 8.42 Å². The monoisotopic (exact) mass is 259 g/mol. The van der Waals surface area contributed by atoms with Crippen LogP contribution in [0.2, 0.25) is 0 Å². The van der Waals surface area contributed by atoms with Gasteiger partial charge in [0, 0.05) is 24.3 Å². The number of hydrogen-bond acceptors (Lipinski definition) is 3. The summed E-state index contributed by atoms with van der Waals surface area (Å²) in [4.78, 5) is 14.1. The van der Waals surface area contributed by atoms with Crippen LogP contribution < -0.4 is 0 Å². The predicted octanol–water partition coefficient (Wildman–Crippen LogP) is 1.21. The third-order valence-electron chi connectivity index (χ3n) is 3.67. The quantitative estimate of drug-likeness (QED) is 0.745. The van der Waals surface area contributed by atoms with Gasteiger partial charge < -0.3 is 4.90 Å². The van der Waals surface area contributed by atoms with E-state index < -0.39 is 9.84 Å². The molecule has 1 amide bonds. The molecule has 0 N–H and O–H groups in total. The first-order valence-corrected chi connectivity index (χ1v) is 8.44. The highest BCUT2D eigenvalue weighted by molar-refractivity contribution is 7.90. The van der Waals surface area contributed by atoms with E-state index >= 15 is 0 Å². The standard InChI is InChI=1S/C12H21NO3S/c1-9(8-17(2,15)16)13(11-6-7-11)12(14)10-4-3-5-10/h9-11H,3-8H2,1-2H3/t9-/m1/s1. The Kier molecular flexibility index (Phi) is 3.48. The minimum atomic E-state index is -3.02. The smallest absolute Gasteiger partial charge is 0.226 e.